The number of aliphatic hydroxyl groups excluding tert-OH is 1. The number of amides is 1. The lowest BCUT2D eigenvalue weighted by Gasteiger charge is -2.09. The number of nitrogens with two attached hydrogens (primary N) is 1. The van der Waals surface area contributed by atoms with Crippen LogP contribution in [0.1, 0.15) is 45.4 Å². The molecule has 4 N–H and O–H groups in total. The van der Waals surface area contributed by atoms with Crippen molar-refractivity contribution in [2.45, 2.75) is 51.5 Å². The van der Waals surface area contributed by atoms with Gasteiger partial charge in [0.2, 0.25) is 5.91 Å². The fourth-order valence-corrected chi connectivity index (χ4v) is 1.33. The molecule has 0 aromatic heterocycles. The Labute approximate surface area is 92.2 Å². The molecular formula is C11H24N2O2. The topological polar surface area (TPSA) is 75.4 Å². The minimum Gasteiger partial charge on any atom is -0.394 e. The summed E-state index contributed by atoms with van der Waals surface area (Å²) in [6, 6.07) is -0.773. The van der Waals surface area contributed by atoms with Crippen molar-refractivity contribution in [3.05, 3.63) is 0 Å². The highest BCUT2D eigenvalue weighted by Gasteiger charge is 2.09. The van der Waals surface area contributed by atoms with Gasteiger partial charge in [-0.05, 0) is 6.42 Å². The van der Waals surface area contributed by atoms with Gasteiger partial charge in [-0.3, -0.25) is 4.79 Å². The van der Waals surface area contributed by atoms with E-state index in [1.54, 1.807) is 0 Å². The lowest BCUT2D eigenvalue weighted by Crippen LogP contribution is -2.43. The second-order valence-electron chi connectivity index (χ2n) is 3.85. The van der Waals surface area contributed by atoms with Crippen LogP contribution in [0.2, 0.25) is 0 Å². The summed E-state index contributed by atoms with van der Waals surface area (Å²) >= 11 is 0. The molecule has 0 radical (unpaired) electrons. The number of nitrogens with one attached hydrogen (secondary N) is 1. The molecule has 0 saturated carbocycles. The normalized spacial score (nSPS) is 12.5. The Morgan fingerprint density at radius 1 is 1.27 bits per heavy atom. The van der Waals surface area contributed by atoms with E-state index in [-0.39, 0.29) is 12.5 Å². The molecule has 0 aliphatic heterocycles. The number of hydrogen-bond acceptors (Lipinski definition) is 3. The number of hydrogen-bond donors (Lipinski definition) is 3. The second kappa shape index (κ2) is 9.93. The lowest BCUT2D eigenvalue weighted by atomic mass is 10.1. The summed E-state index contributed by atoms with van der Waals surface area (Å²) in [5.41, 5.74) is 5.33. The zero-order valence-electron chi connectivity index (χ0n) is 9.67. The predicted molar refractivity (Wildman–Crippen MR) is 61.4 cm³/mol. The zero-order valence-corrected chi connectivity index (χ0v) is 9.67. The van der Waals surface area contributed by atoms with E-state index in [2.05, 4.69) is 12.2 Å². The second-order valence-corrected chi connectivity index (χ2v) is 3.85. The van der Waals surface area contributed by atoms with Crippen molar-refractivity contribution in [3.63, 3.8) is 0 Å². The molecule has 0 aromatic carbocycles. The number of unbranched alkanes of at least 4 members (excludes halogenated alkanes) is 5. The minimum absolute atomic E-state index is 0.258. The summed E-state index contributed by atoms with van der Waals surface area (Å²) in [5, 5.41) is 11.3. The molecule has 0 fully saturated rings. The molecule has 0 aliphatic carbocycles. The SMILES string of the molecule is CCCCCCCCNC(=O)[C@@H](N)CO. The Bertz CT molecular complexity index is 163. The zero-order chi connectivity index (χ0) is 11.5. The maximum absolute atomic E-state index is 11.1. The van der Waals surface area contributed by atoms with Crippen LogP contribution < -0.4 is 11.1 Å². The first-order valence-corrected chi connectivity index (χ1v) is 5.86. The van der Waals surface area contributed by atoms with Crippen LogP contribution in [0.25, 0.3) is 0 Å². The smallest absolute Gasteiger partial charge is 0.239 e. The van der Waals surface area contributed by atoms with Crippen LogP contribution in [0.4, 0.5) is 0 Å². The van der Waals surface area contributed by atoms with Crippen LogP contribution in [0, 0.1) is 0 Å². The van der Waals surface area contributed by atoms with E-state index >= 15 is 0 Å². The third kappa shape index (κ3) is 8.39. The number of rotatable bonds is 9. The highest BCUT2D eigenvalue weighted by molar-refractivity contribution is 5.81. The van der Waals surface area contributed by atoms with Gasteiger partial charge in [-0.15, -0.1) is 0 Å². The summed E-state index contributed by atoms with van der Waals surface area (Å²) in [4.78, 5) is 11.1. The Balaban J connectivity index is 3.20. The Hall–Kier alpha value is -0.610. The molecule has 0 heterocycles. The van der Waals surface area contributed by atoms with Crippen LogP contribution in [0.3, 0.4) is 0 Å². The molecule has 0 aromatic rings. The predicted octanol–water partition coefficient (Wildman–Crippen LogP) is 0.783. The van der Waals surface area contributed by atoms with Crippen molar-refractivity contribution in [1.82, 2.24) is 5.32 Å². The monoisotopic (exact) mass is 216 g/mol. The van der Waals surface area contributed by atoms with Gasteiger partial charge in [-0.1, -0.05) is 39.0 Å². The lowest BCUT2D eigenvalue weighted by molar-refractivity contribution is -0.123. The molecule has 4 heteroatoms. The molecule has 15 heavy (non-hydrogen) atoms. The van der Waals surface area contributed by atoms with Gasteiger partial charge in [-0.2, -0.15) is 0 Å². The van der Waals surface area contributed by atoms with E-state index in [0.717, 1.165) is 12.8 Å². The fraction of sp³-hybridized carbons (Fsp3) is 0.909. The molecule has 4 nitrogen and oxygen atoms in total. The molecule has 0 spiro atoms. The molecule has 1 atom stereocenters. The highest BCUT2D eigenvalue weighted by Crippen LogP contribution is 2.03. The van der Waals surface area contributed by atoms with Gasteiger partial charge in [0, 0.05) is 6.54 Å². The summed E-state index contributed by atoms with van der Waals surface area (Å²) in [7, 11) is 0. The van der Waals surface area contributed by atoms with Gasteiger partial charge in [0.05, 0.1) is 6.61 Å². The largest absolute Gasteiger partial charge is 0.394 e. The minimum atomic E-state index is -0.773. The maximum atomic E-state index is 11.1. The van der Waals surface area contributed by atoms with Crippen LogP contribution in [-0.2, 0) is 4.79 Å². The van der Waals surface area contributed by atoms with E-state index in [1.807, 2.05) is 0 Å². The first-order valence-electron chi connectivity index (χ1n) is 5.86. The first-order chi connectivity index (χ1) is 7.22. The molecule has 1 amide bonds. The maximum Gasteiger partial charge on any atom is 0.239 e. The average molecular weight is 216 g/mol. The van der Waals surface area contributed by atoms with Crippen molar-refractivity contribution in [2.75, 3.05) is 13.2 Å². The van der Waals surface area contributed by atoms with Gasteiger partial charge in [0.1, 0.15) is 6.04 Å². The average Bonchev–Trinajstić information content (AvgIpc) is 2.26. The van der Waals surface area contributed by atoms with E-state index in [9.17, 15) is 4.79 Å². The van der Waals surface area contributed by atoms with Crippen molar-refractivity contribution >= 4 is 5.91 Å². The fourth-order valence-electron chi connectivity index (χ4n) is 1.33. The first kappa shape index (κ1) is 14.4. The number of aliphatic hydroxyl groups is 1. The van der Waals surface area contributed by atoms with Gasteiger partial charge >= 0.3 is 0 Å². The number of carbonyl (C=O) groups excluding carboxylic acids is 1. The van der Waals surface area contributed by atoms with Gasteiger partial charge < -0.3 is 16.2 Å². The van der Waals surface area contributed by atoms with Crippen molar-refractivity contribution in [2.24, 2.45) is 5.73 Å². The summed E-state index contributed by atoms with van der Waals surface area (Å²) in [5.74, 6) is -0.258. The molecular weight excluding hydrogens is 192 g/mol. The van der Waals surface area contributed by atoms with Crippen LogP contribution >= 0.6 is 0 Å². The van der Waals surface area contributed by atoms with Crippen molar-refractivity contribution < 1.29 is 9.90 Å². The van der Waals surface area contributed by atoms with Crippen LogP contribution in [0.5, 0.6) is 0 Å². The molecule has 0 aliphatic rings. The van der Waals surface area contributed by atoms with Gasteiger partial charge in [0.15, 0.2) is 0 Å². The molecule has 0 rings (SSSR count). The van der Waals surface area contributed by atoms with Crippen molar-refractivity contribution in [3.8, 4) is 0 Å². The van der Waals surface area contributed by atoms with E-state index in [1.165, 1.54) is 25.7 Å². The molecule has 0 bridgehead atoms. The Kier molecular flexibility index (Phi) is 9.52. The third-order valence-corrected chi connectivity index (χ3v) is 2.36. The van der Waals surface area contributed by atoms with Gasteiger partial charge in [-0.25, -0.2) is 0 Å². The summed E-state index contributed by atoms with van der Waals surface area (Å²) in [6.45, 7) is 2.57. The standard InChI is InChI=1S/C11H24N2O2/c1-2-3-4-5-6-7-8-13-11(15)10(12)9-14/h10,14H,2-9,12H2,1H3,(H,13,15)/t10-/m0/s1. The summed E-state index contributed by atoms with van der Waals surface area (Å²) < 4.78 is 0. The highest BCUT2D eigenvalue weighted by atomic mass is 16.3. The van der Waals surface area contributed by atoms with Crippen molar-refractivity contribution in [1.29, 1.82) is 0 Å². The van der Waals surface area contributed by atoms with Gasteiger partial charge in [0.25, 0.3) is 0 Å². The Morgan fingerprint density at radius 3 is 2.47 bits per heavy atom. The van der Waals surface area contributed by atoms with E-state index in [0.29, 0.717) is 6.54 Å². The van der Waals surface area contributed by atoms with E-state index in [4.69, 9.17) is 10.8 Å². The molecule has 0 saturated heterocycles. The molecule has 90 valence electrons. The number of carbonyl (C=O) groups is 1. The quantitative estimate of drug-likeness (QED) is 0.499. The Morgan fingerprint density at radius 2 is 1.87 bits per heavy atom. The van der Waals surface area contributed by atoms with Crippen LogP contribution in [0.15, 0.2) is 0 Å². The van der Waals surface area contributed by atoms with Crippen LogP contribution in [-0.4, -0.2) is 30.2 Å². The molecule has 0 unspecified atom stereocenters. The van der Waals surface area contributed by atoms with E-state index < -0.39 is 6.04 Å². The summed E-state index contributed by atoms with van der Waals surface area (Å²) in [6.07, 6.45) is 7.20. The third-order valence-electron chi connectivity index (χ3n) is 2.36.